The molecule has 3 aromatic rings. The Hall–Kier alpha value is -4.07. The Bertz CT molecular complexity index is 1260. The van der Waals surface area contributed by atoms with Crippen molar-refractivity contribution in [3.05, 3.63) is 82.8 Å². The number of hydrogen-bond acceptors (Lipinski definition) is 6. The average Bonchev–Trinajstić information content (AvgIpc) is 3.44. The minimum Gasteiger partial charge on any atom is -0.486 e. The fourth-order valence-corrected chi connectivity index (χ4v) is 4.25. The molecule has 174 valence electrons. The second-order valence-corrected chi connectivity index (χ2v) is 8.63. The van der Waals surface area contributed by atoms with Crippen LogP contribution in [0.15, 0.2) is 59.2 Å². The maximum atomic E-state index is 13.2. The van der Waals surface area contributed by atoms with Crippen LogP contribution in [0.3, 0.4) is 0 Å². The lowest BCUT2D eigenvalue weighted by atomic mass is 9.95. The lowest BCUT2D eigenvalue weighted by molar-refractivity contribution is 0.0631. The molecule has 3 amide bonds. The van der Waals surface area contributed by atoms with Gasteiger partial charge in [0, 0.05) is 5.56 Å². The lowest BCUT2D eigenvalue weighted by Gasteiger charge is -2.25. The van der Waals surface area contributed by atoms with Crippen LogP contribution in [0.4, 0.5) is 0 Å². The second kappa shape index (κ2) is 8.70. The molecule has 2 aliphatic heterocycles. The number of carbonyl (C=O) groups is 3. The fourth-order valence-electron chi connectivity index (χ4n) is 4.25. The maximum absolute atomic E-state index is 13.2. The van der Waals surface area contributed by atoms with E-state index < -0.39 is 11.8 Å². The summed E-state index contributed by atoms with van der Waals surface area (Å²) in [7, 11) is 0. The molecular weight excluding hydrogens is 436 g/mol. The first-order valence-electron chi connectivity index (χ1n) is 11.2. The number of amides is 3. The van der Waals surface area contributed by atoms with E-state index >= 15 is 0 Å². The van der Waals surface area contributed by atoms with Crippen LogP contribution in [-0.4, -0.2) is 35.8 Å². The number of nitrogens with one attached hydrogen (secondary N) is 1. The summed E-state index contributed by atoms with van der Waals surface area (Å²) in [5.41, 5.74) is 1.69. The van der Waals surface area contributed by atoms with Gasteiger partial charge in [0.15, 0.2) is 11.5 Å². The van der Waals surface area contributed by atoms with Gasteiger partial charge in [-0.25, -0.2) is 0 Å². The van der Waals surface area contributed by atoms with E-state index in [4.69, 9.17) is 13.9 Å². The zero-order valence-electron chi connectivity index (χ0n) is 18.9. The number of fused-ring (bicyclic) bond motifs is 2. The minimum absolute atomic E-state index is 0.0421. The van der Waals surface area contributed by atoms with Gasteiger partial charge in [-0.3, -0.25) is 19.3 Å². The molecule has 0 bridgehead atoms. The lowest BCUT2D eigenvalue weighted by Crippen LogP contribution is -2.32. The largest absolute Gasteiger partial charge is 0.486 e. The molecule has 0 unspecified atom stereocenters. The molecular formula is C26H24N2O6. The van der Waals surface area contributed by atoms with E-state index in [1.165, 1.54) is 18.4 Å². The van der Waals surface area contributed by atoms with Gasteiger partial charge in [-0.1, -0.05) is 19.9 Å². The molecule has 1 atom stereocenters. The standard InChI is InChI=1S/C26H24N2O6/c1-15(2)23(16-6-8-21-22(13-16)34-11-10-33-21)27-24(29)17-5-7-19-20(12-17)26(31)28(25(19)30)14-18-4-3-9-32-18/h3-9,12-13,15,23H,10-11,14H2,1-2H3,(H,27,29)/t23-/m1/s1. The number of imide groups is 1. The van der Waals surface area contributed by atoms with E-state index in [1.54, 1.807) is 18.2 Å². The topological polar surface area (TPSA) is 98.1 Å². The molecule has 1 aromatic heterocycles. The first-order valence-corrected chi connectivity index (χ1v) is 11.2. The minimum atomic E-state index is -0.446. The molecule has 0 spiro atoms. The fraction of sp³-hybridized carbons (Fsp3) is 0.269. The SMILES string of the molecule is CC(C)[C@@H](NC(=O)c1ccc2c(c1)C(=O)N(Cc1ccco1)C2=O)c1ccc2c(c1)OCCO2. The van der Waals surface area contributed by atoms with Crippen molar-refractivity contribution in [1.29, 1.82) is 0 Å². The van der Waals surface area contributed by atoms with Crippen LogP contribution < -0.4 is 14.8 Å². The van der Waals surface area contributed by atoms with Gasteiger partial charge >= 0.3 is 0 Å². The van der Waals surface area contributed by atoms with Crippen LogP contribution in [0.25, 0.3) is 0 Å². The van der Waals surface area contributed by atoms with Gasteiger partial charge in [-0.05, 0) is 53.9 Å². The molecule has 0 radical (unpaired) electrons. The average molecular weight is 460 g/mol. The predicted octanol–water partition coefficient (Wildman–Crippen LogP) is 3.97. The second-order valence-electron chi connectivity index (χ2n) is 8.63. The predicted molar refractivity (Wildman–Crippen MR) is 122 cm³/mol. The highest BCUT2D eigenvalue weighted by Crippen LogP contribution is 2.34. The smallest absolute Gasteiger partial charge is 0.261 e. The number of furan rings is 1. The summed E-state index contributed by atoms with van der Waals surface area (Å²) in [6, 6.07) is 13.3. The molecule has 0 saturated heterocycles. The molecule has 3 heterocycles. The molecule has 5 rings (SSSR count). The highest BCUT2D eigenvalue weighted by Gasteiger charge is 2.36. The zero-order chi connectivity index (χ0) is 23.8. The quantitative estimate of drug-likeness (QED) is 0.559. The number of carbonyl (C=O) groups excluding carboxylic acids is 3. The number of hydrogen-bond donors (Lipinski definition) is 1. The molecule has 0 saturated carbocycles. The summed E-state index contributed by atoms with van der Waals surface area (Å²) < 4.78 is 16.5. The molecule has 0 aliphatic carbocycles. The number of benzene rings is 2. The first kappa shape index (κ1) is 21.8. The maximum Gasteiger partial charge on any atom is 0.261 e. The molecule has 0 fully saturated rings. The Morgan fingerprint density at radius 2 is 1.74 bits per heavy atom. The summed E-state index contributed by atoms with van der Waals surface area (Å²) in [4.78, 5) is 39.9. The summed E-state index contributed by atoms with van der Waals surface area (Å²) in [5.74, 6) is 0.755. The van der Waals surface area contributed by atoms with Crippen molar-refractivity contribution in [3.8, 4) is 11.5 Å². The molecule has 8 heteroatoms. The van der Waals surface area contributed by atoms with Gasteiger partial charge in [-0.2, -0.15) is 0 Å². The van der Waals surface area contributed by atoms with Gasteiger partial charge in [0.1, 0.15) is 19.0 Å². The van der Waals surface area contributed by atoms with Gasteiger partial charge in [0.05, 0.1) is 30.0 Å². The van der Waals surface area contributed by atoms with Crippen molar-refractivity contribution in [2.45, 2.75) is 26.4 Å². The van der Waals surface area contributed by atoms with Crippen molar-refractivity contribution in [2.75, 3.05) is 13.2 Å². The van der Waals surface area contributed by atoms with Crippen LogP contribution in [0.5, 0.6) is 11.5 Å². The Labute approximate surface area is 196 Å². The van der Waals surface area contributed by atoms with Crippen LogP contribution in [0.2, 0.25) is 0 Å². The number of ether oxygens (including phenoxy) is 2. The third-order valence-corrected chi connectivity index (χ3v) is 6.01. The highest BCUT2D eigenvalue weighted by molar-refractivity contribution is 6.22. The molecule has 8 nitrogen and oxygen atoms in total. The van der Waals surface area contributed by atoms with Gasteiger partial charge in [-0.15, -0.1) is 0 Å². The van der Waals surface area contributed by atoms with E-state index in [-0.39, 0.29) is 35.5 Å². The summed E-state index contributed by atoms with van der Waals surface area (Å²) >= 11 is 0. The monoisotopic (exact) mass is 460 g/mol. The van der Waals surface area contributed by atoms with E-state index in [9.17, 15) is 14.4 Å². The van der Waals surface area contributed by atoms with Crippen molar-refractivity contribution in [1.82, 2.24) is 10.2 Å². The zero-order valence-corrected chi connectivity index (χ0v) is 18.9. The van der Waals surface area contributed by atoms with Gasteiger partial charge in [0.2, 0.25) is 0 Å². The third-order valence-electron chi connectivity index (χ3n) is 6.01. The Morgan fingerprint density at radius 3 is 2.47 bits per heavy atom. The molecule has 34 heavy (non-hydrogen) atoms. The number of rotatable bonds is 6. The van der Waals surface area contributed by atoms with E-state index in [1.807, 2.05) is 32.0 Å². The summed E-state index contributed by atoms with van der Waals surface area (Å²) in [6.07, 6.45) is 1.49. The Kier molecular flexibility index (Phi) is 5.57. The van der Waals surface area contributed by atoms with Crippen molar-refractivity contribution < 1.29 is 28.3 Å². The van der Waals surface area contributed by atoms with Gasteiger partial charge in [0.25, 0.3) is 17.7 Å². The van der Waals surface area contributed by atoms with Crippen molar-refractivity contribution in [2.24, 2.45) is 5.92 Å². The van der Waals surface area contributed by atoms with E-state index in [0.29, 0.717) is 36.0 Å². The van der Waals surface area contributed by atoms with Crippen molar-refractivity contribution >= 4 is 17.7 Å². The molecule has 2 aromatic carbocycles. The van der Waals surface area contributed by atoms with Gasteiger partial charge < -0.3 is 19.2 Å². The summed E-state index contributed by atoms with van der Waals surface area (Å²) in [6.45, 7) is 5.06. The van der Waals surface area contributed by atoms with E-state index in [0.717, 1.165) is 10.5 Å². The highest BCUT2D eigenvalue weighted by atomic mass is 16.6. The van der Waals surface area contributed by atoms with E-state index in [2.05, 4.69) is 5.32 Å². The third kappa shape index (κ3) is 3.91. The molecule has 1 N–H and O–H groups in total. The number of nitrogens with zero attached hydrogens (tertiary/aromatic N) is 1. The van der Waals surface area contributed by atoms with Crippen LogP contribution in [-0.2, 0) is 6.54 Å². The van der Waals surface area contributed by atoms with Crippen LogP contribution in [0.1, 0.15) is 62.3 Å². The van der Waals surface area contributed by atoms with Crippen molar-refractivity contribution in [3.63, 3.8) is 0 Å². The normalized spacial score (nSPS) is 15.4. The summed E-state index contributed by atoms with van der Waals surface area (Å²) in [5, 5.41) is 3.06. The Morgan fingerprint density at radius 1 is 0.971 bits per heavy atom. The van der Waals surface area contributed by atoms with Crippen LogP contribution in [0, 0.1) is 5.92 Å². The first-order chi connectivity index (χ1) is 16.4. The Balaban J connectivity index is 1.37. The molecule has 2 aliphatic rings. The van der Waals surface area contributed by atoms with Crippen LogP contribution >= 0.6 is 0 Å².